The maximum Gasteiger partial charge on any atom is 0.265 e. The van der Waals surface area contributed by atoms with Crippen LogP contribution in [0.15, 0.2) is 78.9 Å². The molecule has 0 aliphatic rings. The number of anilines is 1. The molecule has 0 aliphatic heterocycles. The first kappa shape index (κ1) is 23.1. The second-order valence-electron chi connectivity index (χ2n) is 7.65. The van der Waals surface area contributed by atoms with Gasteiger partial charge in [-0.25, -0.2) is 0 Å². The van der Waals surface area contributed by atoms with E-state index in [1.54, 1.807) is 24.3 Å². The van der Waals surface area contributed by atoms with Gasteiger partial charge in [0.1, 0.15) is 5.75 Å². The van der Waals surface area contributed by atoms with E-state index in [9.17, 15) is 9.59 Å². The Bertz CT molecular complexity index is 1030. The zero-order valence-electron chi connectivity index (χ0n) is 18.8. The van der Waals surface area contributed by atoms with E-state index in [-0.39, 0.29) is 17.9 Å². The van der Waals surface area contributed by atoms with Gasteiger partial charge in [-0.1, -0.05) is 68.4 Å². The summed E-state index contributed by atoms with van der Waals surface area (Å²) < 4.78 is 5.91. The molecule has 3 aromatic carbocycles. The quantitative estimate of drug-likeness (QED) is 0.469. The van der Waals surface area contributed by atoms with Crippen molar-refractivity contribution < 1.29 is 14.3 Å². The lowest BCUT2D eigenvalue weighted by atomic mass is 10.1. The molecule has 0 saturated heterocycles. The molecule has 2 N–H and O–H groups in total. The molecule has 166 valence electrons. The number of aryl methyl sites for hydroxylation is 1. The number of carbonyl (C=O) groups excluding carboxylic acids is 2. The number of hydrogen-bond donors (Lipinski definition) is 2. The minimum absolute atomic E-state index is 0.162. The van der Waals surface area contributed by atoms with Crippen molar-refractivity contribution in [1.29, 1.82) is 0 Å². The zero-order chi connectivity index (χ0) is 22.9. The Labute approximate surface area is 189 Å². The summed E-state index contributed by atoms with van der Waals surface area (Å²) in [5.74, 6) is 0.108. The predicted octanol–water partition coefficient (Wildman–Crippen LogP) is 5.54. The predicted molar refractivity (Wildman–Crippen MR) is 128 cm³/mol. The third-order valence-electron chi connectivity index (χ3n) is 5.35. The molecule has 0 heterocycles. The molecule has 5 nitrogen and oxygen atoms in total. The van der Waals surface area contributed by atoms with Crippen LogP contribution in [0.4, 0.5) is 5.69 Å². The number of rotatable bonds is 9. The van der Waals surface area contributed by atoms with E-state index in [4.69, 9.17) is 4.74 Å². The monoisotopic (exact) mass is 430 g/mol. The summed E-state index contributed by atoms with van der Waals surface area (Å²) in [5.41, 5.74) is 3.08. The number of amides is 2. The van der Waals surface area contributed by atoms with Crippen molar-refractivity contribution >= 4 is 17.5 Å². The first-order valence-corrected chi connectivity index (χ1v) is 11.0. The molecule has 0 fully saturated rings. The molecule has 2 amide bonds. The highest BCUT2D eigenvalue weighted by Gasteiger charge is 2.21. The number of nitrogens with one attached hydrogen (secondary N) is 2. The van der Waals surface area contributed by atoms with Crippen molar-refractivity contribution in [1.82, 2.24) is 5.32 Å². The van der Waals surface area contributed by atoms with Gasteiger partial charge < -0.3 is 15.4 Å². The Morgan fingerprint density at radius 1 is 0.875 bits per heavy atom. The highest BCUT2D eigenvalue weighted by atomic mass is 16.5. The SMILES string of the molecule is CCc1ccc(O[C@H](CC)C(=O)Nc2ccccc2C(=O)N[C@@H](C)c2ccccc2)cc1. The van der Waals surface area contributed by atoms with Crippen LogP contribution >= 0.6 is 0 Å². The number of ether oxygens (including phenoxy) is 1. The van der Waals surface area contributed by atoms with E-state index in [1.807, 2.05) is 68.4 Å². The summed E-state index contributed by atoms with van der Waals surface area (Å²) >= 11 is 0. The third-order valence-corrected chi connectivity index (χ3v) is 5.35. The van der Waals surface area contributed by atoms with Gasteiger partial charge in [0.15, 0.2) is 6.10 Å². The normalized spacial score (nSPS) is 12.5. The largest absolute Gasteiger partial charge is 0.481 e. The molecule has 0 saturated carbocycles. The summed E-state index contributed by atoms with van der Waals surface area (Å²) in [7, 11) is 0. The van der Waals surface area contributed by atoms with Crippen LogP contribution < -0.4 is 15.4 Å². The lowest BCUT2D eigenvalue weighted by Crippen LogP contribution is -2.34. The van der Waals surface area contributed by atoms with Crippen molar-refractivity contribution in [2.75, 3.05) is 5.32 Å². The Morgan fingerprint density at radius 2 is 1.53 bits per heavy atom. The number of benzene rings is 3. The average molecular weight is 431 g/mol. The Kier molecular flexibility index (Phi) is 8.03. The minimum Gasteiger partial charge on any atom is -0.481 e. The van der Waals surface area contributed by atoms with E-state index in [0.717, 1.165) is 12.0 Å². The molecule has 2 atom stereocenters. The Hall–Kier alpha value is -3.60. The van der Waals surface area contributed by atoms with E-state index >= 15 is 0 Å². The van der Waals surface area contributed by atoms with Crippen LogP contribution in [0.5, 0.6) is 5.75 Å². The minimum atomic E-state index is -0.665. The molecule has 0 unspecified atom stereocenters. The van der Waals surface area contributed by atoms with Crippen LogP contribution in [0.2, 0.25) is 0 Å². The maximum atomic E-state index is 12.9. The van der Waals surface area contributed by atoms with Crippen molar-refractivity contribution in [3.63, 3.8) is 0 Å². The van der Waals surface area contributed by atoms with Gasteiger partial charge in [0.25, 0.3) is 11.8 Å². The molecule has 0 bridgehead atoms. The molecule has 32 heavy (non-hydrogen) atoms. The van der Waals surface area contributed by atoms with E-state index in [2.05, 4.69) is 17.6 Å². The first-order valence-electron chi connectivity index (χ1n) is 11.0. The lowest BCUT2D eigenvalue weighted by Gasteiger charge is -2.19. The Balaban J connectivity index is 1.69. The first-order chi connectivity index (χ1) is 15.5. The second kappa shape index (κ2) is 11.1. The number of para-hydroxylation sites is 1. The van der Waals surface area contributed by atoms with Crippen LogP contribution in [0.25, 0.3) is 0 Å². The summed E-state index contributed by atoms with van der Waals surface area (Å²) in [6.07, 6.45) is 0.780. The van der Waals surface area contributed by atoms with Gasteiger partial charge in [0.2, 0.25) is 0 Å². The highest BCUT2D eigenvalue weighted by Crippen LogP contribution is 2.20. The van der Waals surface area contributed by atoms with E-state index in [0.29, 0.717) is 23.4 Å². The van der Waals surface area contributed by atoms with Gasteiger partial charge in [-0.05, 0) is 55.2 Å². The third kappa shape index (κ3) is 5.97. The van der Waals surface area contributed by atoms with Gasteiger partial charge in [0.05, 0.1) is 17.3 Å². The zero-order valence-corrected chi connectivity index (χ0v) is 18.8. The van der Waals surface area contributed by atoms with Crippen LogP contribution in [0.1, 0.15) is 54.7 Å². The number of hydrogen-bond acceptors (Lipinski definition) is 3. The molecule has 0 aliphatic carbocycles. The maximum absolute atomic E-state index is 12.9. The molecule has 0 spiro atoms. The average Bonchev–Trinajstić information content (AvgIpc) is 2.83. The summed E-state index contributed by atoms with van der Waals surface area (Å²) in [4.78, 5) is 25.8. The van der Waals surface area contributed by atoms with Crippen LogP contribution in [0, 0.1) is 0 Å². The van der Waals surface area contributed by atoms with Gasteiger partial charge >= 0.3 is 0 Å². The summed E-state index contributed by atoms with van der Waals surface area (Å²) in [5, 5.41) is 5.87. The fourth-order valence-electron chi connectivity index (χ4n) is 3.39. The van der Waals surface area contributed by atoms with Crippen molar-refractivity contribution in [2.24, 2.45) is 0 Å². The highest BCUT2D eigenvalue weighted by molar-refractivity contribution is 6.04. The van der Waals surface area contributed by atoms with Crippen molar-refractivity contribution in [3.05, 3.63) is 95.6 Å². The van der Waals surface area contributed by atoms with Crippen molar-refractivity contribution in [2.45, 2.75) is 45.8 Å². The molecule has 0 aromatic heterocycles. The number of carbonyl (C=O) groups is 2. The van der Waals surface area contributed by atoms with Gasteiger partial charge in [-0.3, -0.25) is 9.59 Å². The van der Waals surface area contributed by atoms with Gasteiger partial charge in [-0.15, -0.1) is 0 Å². The molecule has 3 aromatic rings. The van der Waals surface area contributed by atoms with Gasteiger partial charge in [-0.2, -0.15) is 0 Å². The van der Waals surface area contributed by atoms with Crippen molar-refractivity contribution in [3.8, 4) is 5.75 Å². The summed E-state index contributed by atoms with van der Waals surface area (Å²) in [6, 6.07) is 24.3. The standard InChI is InChI=1S/C27H30N2O3/c1-4-20-15-17-22(18-16-20)32-25(5-2)27(31)29-24-14-10-9-13-23(24)26(30)28-19(3)21-11-7-6-8-12-21/h6-19,25H,4-5H2,1-3H3,(H,28,30)(H,29,31)/t19-,25+/m0/s1. The molecule has 3 rings (SSSR count). The summed E-state index contributed by atoms with van der Waals surface area (Å²) in [6.45, 7) is 5.91. The second-order valence-corrected chi connectivity index (χ2v) is 7.65. The van der Waals surface area contributed by atoms with E-state index in [1.165, 1.54) is 5.56 Å². The van der Waals surface area contributed by atoms with E-state index < -0.39 is 6.10 Å². The van der Waals surface area contributed by atoms with Crippen LogP contribution in [0.3, 0.4) is 0 Å². The fraction of sp³-hybridized carbons (Fsp3) is 0.259. The molecular weight excluding hydrogens is 400 g/mol. The smallest absolute Gasteiger partial charge is 0.265 e. The van der Waals surface area contributed by atoms with Crippen LogP contribution in [-0.4, -0.2) is 17.9 Å². The topological polar surface area (TPSA) is 67.4 Å². The molecule has 0 radical (unpaired) electrons. The molecular formula is C27H30N2O3. The molecule has 5 heteroatoms. The lowest BCUT2D eigenvalue weighted by molar-refractivity contribution is -0.122. The Morgan fingerprint density at radius 3 is 2.19 bits per heavy atom. The van der Waals surface area contributed by atoms with Crippen LogP contribution in [-0.2, 0) is 11.2 Å². The van der Waals surface area contributed by atoms with Gasteiger partial charge in [0, 0.05) is 0 Å². The fourth-order valence-corrected chi connectivity index (χ4v) is 3.39.